The molecular weight excluding hydrogens is 222 g/mol. The summed E-state index contributed by atoms with van der Waals surface area (Å²) in [6, 6.07) is 14.3. The minimum atomic E-state index is 0.779. The van der Waals surface area contributed by atoms with Gasteiger partial charge in [-0.05, 0) is 48.9 Å². The molecule has 0 atom stereocenters. The van der Waals surface area contributed by atoms with Crippen LogP contribution in [0.4, 0.5) is 22.7 Å². The molecular formula is C15H19N3. The standard InChI is InChI=1S/C15H19N3/c1-11-7-12(16)9-14(8-11)17-13-5-4-6-15(10-13)18(2)3/h4-10,17H,16H2,1-3H3. The van der Waals surface area contributed by atoms with Crippen LogP contribution >= 0.6 is 0 Å². The molecule has 2 aromatic carbocycles. The summed E-state index contributed by atoms with van der Waals surface area (Å²) in [6.07, 6.45) is 0. The van der Waals surface area contributed by atoms with Gasteiger partial charge in [0, 0.05) is 36.8 Å². The second-order valence-corrected chi connectivity index (χ2v) is 4.70. The van der Waals surface area contributed by atoms with Crippen LogP contribution in [0.2, 0.25) is 0 Å². The third kappa shape index (κ3) is 2.94. The smallest absolute Gasteiger partial charge is 0.0407 e. The highest BCUT2D eigenvalue weighted by Gasteiger charge is 2.00. The van der Waals surface area contributed by atoms with Gasteiger partial charge in [0.2, 0.25) is 0 Å². The Bertz CT molecular complexity index is 527. The summed E-state index contributed by atoms with van der Waals surface area (Å²) >= 11 is 0. The van der Waals surface area contributed by atoms with Crippen molar-refractivity contribution in [3.63, 3.8) is 0 Å². The number of nitrogen functional groups attached to an aromatic ring is 1. The van der Waals surface area contributed by atoms with Gasteiger partial charge in [-0.3, -0.25) is 0 Å². The van der Waals surface area contributed by atoms with E-state index in [9.17, 15) is 0 Å². The van der Waals surface area contributed by atoms with Crippen molar-refractivity contribution in [1.29, 1.82) is 0 Å². The van der Waals surface area contributed by atoms with Gasteiger partial charge in [-0.2, -0.15) is 0 Å². The lowest BCUT2D eigenvalue weighted by Gasteiger charge is -2.15. The van der Waals surface area contributed by atoms with Crippen LogP contribution in [0, 0.1) is 6.92 Å². The zero-order chi connectivity index (χ0) is 13.1. The van der Waals surface area contributed by atoms with Gasteiger partial charge in [0.05, 0.1) is 0 Å². The van der Waals surface area contributed by atoms with Gasteiger partial charge in [0.1, 0.15) is 0 Å². The number of anilines is 4. The highest BCUT2D eigenvalue weighted by molar-refractivity contribution is 5.67. The summed E-state index contributed by atoms with van der Waals surface area (Å²) in [5, 5.41) is 3.37. The van der Waals surface area contributed by atoms with Crippen LogP contribution in [0.3, 0.4) is 0 Å². The number of aryl methyl sites for hydroxylation is 1. The zero-order valence-electron chi connectivity index (χ0n) is 11.1. The van der Waals surface area contributed by atoms with E-state index in [0.29, 0.717) is 0 Å². The molecule has 3 N–H and O–H groups in total. The Labute approximate surface area is 108 Å². The van der Waals surface area contributed by atoms with Crippen LogP contribution in [-0.4, -0.2) is 14.1 Å². The van der Waals surface area contributed by atoms with Gasteiger partial charge in [-0.1, -0.05) is 6.07 Å². The summed E-state index contributed by atoms with van der Waals surface area (Å²) in [6.45, 7) is 2.04. The Balaban J connectivity index is 2.25. The molecule has 0 saturated heterocycles. The van der Waals surface area contributed by atoms with Crippen LogP contribution < -0.4 is 16.0 Å². The molecule has 0 unspecified atom stereocenters. The van der Waals surface area contributed by atoms with E-state index in [4.69, 9.17) is 5.73 Å². The van der Waals surface area contributed by atoms with Gasteiger partial charge in [0.15, 0.2) is 0 Å². The summed E-state index contributed by atoms with van der Waals surface area (Å²) in [7, 11) is 4.06. The fourth-order valence-corrected chi connectivity index (χ4v) is 1.91. The van der Waals surface area contributed by atoms with Gasteiger partial charge in [-0.25, -0.2) is 0 Å². The van der Waals surface area contributed by atoms with Crippen molar-refractivity contribution in [3.05, 3.63) is 48.0 Å². The van der Waals surface area contributed by atoms with E-state index in [2.05, 4.69) is 28.4 Å². The normalized spacial score (nSPS) is 10.2. The second-order valence-electron chi connectivity index (χ2n) is 4.70. The highest BCUT2D eigenvalue weighted by Crippen LogP contribution is 2.23. The predicted octanol–water partition coefficient (Wildman–Crippen LogP) is 3.39. The first-order chi connectivity index (χ1) is 8.54. The number of benzene rings is 2. The lowest BCUT2D eigenvalue weighted by Crippen LogP contribution is -2.08. The van der Waals surface area contributed by atoms with E-state index >= 15 is 0 Å². The quantitative estimate of drug-likeness (QED) is 0.809. The molecule has 94 valence electrons. The van der Waals surface area contributed by atoms with E-state index in [-0.39, 0.29) is 0 Å². The fraction of sp³-hybridized carbons (Fsp3) is 0.200. The number of nitrogens with zero attached hydrogens (tertiary/aromatic N) is 1. The van der Waals surface area contributed by atoms with E-state index in [1.165, 1.54) is 5.69 Å². The molecule has 0 radical (unpaired) electrons. The van der Waals surface area contributed by atoms with Crippen LogP contribution in [-0.2, 0) is 0 Å². The van der Waals surface area contributed by atoms with Crippen molar-refractivity contribution in [1.82, 2.24) is 0 Å². The predicted molar refractivity (Wildman–Crippen MR) is 79.6 cm³/mol. The third-order valence-electron chi connectivity index (χ3n) is 2.75. The number of rotatable bonds is 3. The SMILES string of the molecule is Cc1cc(N)cc(Nc2cccc(N(C)C)c2)c1. The van der Waals surface area contributed by atoms with Gasteiger partial charge in [0.25, 0.3) is 0 Å². The van der Waals surface area contributed by atoms with Crippen molar-refractivity contribution >= 4 is 22.7 Å². The minimum Gasteiger partial charge on any atom is -0.399 e. The van der Waals surface area contributed by atoms with E-state index < -0.39 is 0 Å². The van der Waals surface area contributed by atoms with Gasteiger partial charge in [-0.15, -0.1) is 0 Å². The lowest BCUT2D eigenvalue weighted by atomic mass is 10.2. The molecule has 0 aliphatic heterocycles. The maximum Gasteiger partial charge on any atom is 0.0407 e. The van der Waals surface area contributed by atoms with E-state index in [1.54, 1.807) is 0 Å². The molecule has 0 fully saturated rings. The lowest BCUT2D eigenvalue weighted by molar-refractivity contribution is 1.13. The first kappa shape index (κ1) is 12.3. The average molecular weight is 241 g/mol. The molecule has 2 rings (SSSR count). The molecule has 3 nitrogen and oxygen atoms in total. The second kappa shape index (κ2) is 5.00. The molecule has 0 saturated carbocycles. The number of hydrogen-bond donors (Lipinski definition) is 2. The Hall–Kier alpha value is -2.16. The Kier molecular flexibility index (Phi) is 3.42. The number of nitrogens with two attached hydrogens (primary N) is 1. The first-order valence-corrected chi connectivity index (χ1v) is 5.96. The average Bonchev–Trinajstić information content (AvgIpc) is 2.27. The molecule has 0 aromatic heterocycles. The summed E-state index contributed by atoms with van der Waals surface area (Å²) in [5.74, 6) is 0. The molecule has 0 aliphatic carbocycles. The Morgan fingerprint density at radius 1 is 1.00 bits per heavy atom. The maximum atomic E-state index is 5.84. The molecule has 0 spiro atoms. The van der Waals surface area contributed by atoms with Gasteiger partial charge >= 0.3 is 0 Å². The molecule has 2 aromatic rings. The molecule has 0 aliphatic rings. The highest BCUT2D eigenvalue weighted by atomic mass is 15.1. The fourth-order valence-electron chi connectivity index (χ4n) is 1.91. The molecule has 3 heteroatoms. The van der Waals surface area contributed by atoms with E-state index in [1.807, 2.05) is 45.3 Å². The Morgan fingerprint density at radius 2 is 1.78 bits per heavy atom. The number of hydrogen-bond acceptors (Lipinski definition) is 3. The Morgan fingerprint density at radius 3 is 2.44 bits per heavy atom. The monoisotopic (exact) mass is 241 g/mol. The van der Waals surface area contributed by atoms with Crippen LogP contribution in [0.5, 0.6) is 0 Å². The molecule has 18 heavy (non-hydrogen) atoms. The third-order valence-corrected chi connectivity index (χ3v) is 2.75. The van der Waals surface area contributed by atoms with Crippen LogP contribution in [0.15, 0.2) is 42.5 Å². The van der Waals surface area contributed by atoms with Crippen LogP contribution in [0.1, 0.15) is 5.56 Å². The zero-order valence-corrected chi connectivity index (χ0v) is 11.1. The summed E-state index contributed by atoms with van der Waals surface area (Å²) < 4.78 is 0. The summed E-state index contributed by atoms with van der Waals surface area (Å²) in [4.78, 5) is 2.08. The first-order valence-electron chi connectivity index (χ1n) is 5.96. The number of nitrogens with one attached hydrogen (secondary N) is 1. The van der Waals surface area contributed by atoms with Crippen molar-refractivity contribution in [2.24, 2.45) is 0 Å². The molecule has 0 bridgehead atoms. The molecule has 0 heterocycles. The largest absolute Gasteiger partial charge is 0.399 e. The van der Waals surface area contributed by atoms with Crippen molar-refractivity contribution in [2.45, 2.75) is 6.92 Å². The summed E-state index contributed by atoms with van der Waals surface area (Å²) in [5.41, 5.74) is 11.0. The minimum absolute atomic E-state index is 0.779. The van der Waals surface area contributed by atoms with Crippen molar-refractivity contribution < 1.29 is 0 Å². The van der Waals surface area contributed by atoms with Gasteiger partial charge < -0.3 is 16.0 Å². The van der Waals surface area contributed by atoms with Crippen LogP contribution in [0.25, 0.3) is 0 Å². The molecule has 0 amide bonds. The van der Waals surface area contributed by atoms with E-state index in [0.717, 1.165) is 22.6 Å². The van der Waals surface area contributed by atoms with Crippen molar-refractivity contribution in [2.75, 3.05) is 30.0 Å². The van der Waals surface area contributed by atoms with Crippen molar-refractivity contribution in [3.8, 4) is 0 Å². The maximum absolute atomic E-state index is 5.84. The topological polar surface area (TPSA) is 41.3 Å².